The largest absolute Gasteiger partial charge is 0.324 e. The molecule has 0 unspecified atom stereocenters. The average molecular weight is 466 g/mol. The van der Waals surface area contributed by atoms with E-state index in [-0.39, 0.29) is 35.1 Å². The molecule has 0 saturated heterocycles. The molecule has 174 valence electrons. The van der Waals surface area contributed by atoms with Gasteiger partial charge in [-0.1, -0.05) is 45.0 Å². The lowest BCUT2D eigenvalue weighted by molar-refractivity contribution is -0.133. The molecular weight excluding hydrogens is 434 g/mol. The fraction of sp³-hybridized carbons (Fsp3) is 0.481. The minimum absolute atomic E-state index is 0.0403. The molecule has 4 rings (SSSR count). The van der Waals surface area contributed by atoms with Crippen LogP contribution in [0.1, 0.15) is 84.8 Å². The van der Waals surface area contributed by atoms with Gasteiger partial charge in [0.05, 0.1) is 18.0 Å². The van der Waals surface area contributed by atoms with Crippen LogP contribution < -0.4 is 0 Å². The molecule has 1 aromatic carbocycles. The van der Waals surface area contributed by atoms with Gasteiger partial charge in [0.2, 0.25) is 0 Å². The molecule has 5 nitrogen and oxygen atoms in total. The van der Waals surface area contributed by atoms with Crippen LogP contribution in [0.3, 0.4) is 0 Å². The molecule has 0 bridgehead atoms. The first-order chi connectivity index (χ1) is 15.6. The first kappa shape index (κ1) is 23.6. The number of fused-ring (bicyclic) bond motifs is 1. The Kier molecular flexibility index (Phi) is 6.66. The van der Waals surface area contributed by atoms with Crippen LogP contribution in [0.2, 0.25) is 0 Å². The maximum Gasteiger partial charge on any atom is 0.255 e. The third-order valence-corrected chi connectivity index (χ3v) is 7.85. The lowest BCUT2D eigenvalue weighted by Crippen LogP contribution is -2.44. The number of thiophene rings is 1. The molecule has 1 fully saturated rings. The molecule has 1 aromatic heterocycles. The van der Waals surface area contributed by atoms with Crippen LogP contribution >= 0.6 is 11.3 Å². The van der Waals surface area contributed by atoms with Crippen LogP contribution in [0.25, 0.3) is 0 Å². The van der Waals surface area contributed by atoms with Crippen molar-refractivity contribution < 1.29 is 19.2 Å². The van der Waals surface area contributed by atoms with Gasteiger partial charge < -0.3 is 4.90 Å². The molecule has 33 heavy (non-hydrogen) atoms. The second kappa shape index (κ2) is 9.34. The maximum absolute atomic E-state index is 12.8. The van der Waals surface area contributed by atoms with Gasteiger partial charge in [-0.3, -0.25) is 19.2 Å². The van der Waals surface area contributed by atoms with Gasteiger partial charge in [0.15, 0.2) is 5.78 Å². The van der Waals surface area contributed by atoms with Crippen molar-refractivity contribution in [3.8, 4) is 0 Å². The highest BCUT2D eigenvalue weighted by Gasteiger charge is 2.40. The van der Waals surface area contributed by atoms with Gasteiger partial charge in [0.1, 0.15) is 11.6 Å². The quantitative estimate of drug-likeness (QED) is 0.549. The minimum Gasteiger partial charge on any atom is -0.324 e. The predicted molar refractivity (Wildman–Crippen MR) is 129 cm³/mol. The van der Waals surface area contributed by atoms with Crippen LogP contribution in [-0.4, -0.2) is 34.2 Å². The number of carbonyl (C=O) groups is 4. The normalized spacial score (nSPS) is 18.7. The monoisotopic (exact) mass is 465 g/mol. The van der Waals surface area contributed by atoms with Crippen molar-refractivity contribution >= 4 is 34.6 Å². The summed E-state index contributed by atoms with van der Waals surface area (Å²) < 4.78 is 0. The number of carbonyl (C=O) groups excluding carboxylic acids is 4. The molecule has 2 aromatic rings. The number of benzene rings is 1. The van der Waals surface area contributed by atoms with Crippen molar-refractivity contribution in [2.24, 2.45) is 0 Å². The number of ketones is 3. The van der Waals surface area contributed by atoms with Crippen LogP contribution in [-0.2, 0) is 39.2 Å². The van der Waals surface area contributed by atoms with E-state index in [2.05, 4.69) is 45.0 Å². The van der Waals surface area contributed by atoms with E-state index in [0.717, 1.165) is 16.9 Å². The van der Waals surface area contributed by atoms with Crippen LogP contribution in [0, 0.1) is 0 Å². The lowest BCUT2D eigenvalue weighted by atomic mass is 9.86. The first-order valence-electron chi connectivity index (χ1n) is 11.7. The summed E-state index contributed by atoms with van der Waals surface area (Å²) in [7, 11) is 0. The number of nitrogens with zero attached hydrogens (tertiary/aromatic N) is 1. The molecular formula is C27H31NO4S. The fourth-order valence-electron chi connectivity index (χ4n) is 4.66. The second-order valence-corrected chi connectivity index (χ2v) is 11.2. The third-order valence-electron chi connectivity index (χ3n) is 6.76. The third kappa shape index (κ3) is 5.16. The van der Waals surface area contributed by atoms with Crippen molar-refractivity contribution in [2.45, 2.75) is 83.7 Å². The van der Waals surface area contributed by atoms with Gasteiger partial charge in [0.25, 0.3) is 5.91 Å². The highest BCUT2D eigenvalue weighted by molar-refractivity contribution is 7.10. The number of rotatable bonds is 7. The molecule has 0 spiro atoms. The van der Waals surface area contributed by atoms with Gasteiger partial charge in [-0.15, -0.1) is 11.3 Å². The van der Waals surface area contributed by atoms with Crippen molar-refractivity contribution in [3.05, 3.63) is 56.8 Å². The van der Waals surface area contributed by atoms with E-state index in [1.165, 1.54) is 22.5 Å². The number of aryl methyl sites for hydroxylation is 2. The summed E-state index contributed by atoms with van der Waals surface area (Å²) in [6, 6.07) is 8.02. The van der Waals surface area contributed by atoms with E-state index in [0.29, 0.717) is 44.2 Å². The summed E-state index contributed by atoms with van der Waals surface area (Å²) in [5, 5.41) is 1.85. The summed E-state index contributed by atoms with van der Waals surface area (Å²) in [5.41, 5.74) is 4.19. The second-order valence-electron chi connectivity index (χ2n) is 10.2. The van der Waals surface area contributed by atoms with E-state index in [1.54, 1.807) is 4.90 Å². The molecule has 1 aliphatic heterocycles. The summed E-state index contributed by atoms with van der Waals surface area (Å²) in [4.78, 5) is 51.9. The Morgan fingerprint density at radius 1 is 1.06 bits per heavy atom. The highest BCUT2D eigenvalue weighted by atomic mass is 32.1. The van der Waals surface area contributed by atoms with Crippen molar-refractivity contribution in [1.29, 1.82) is 0 Å². The lowest BCUT2D eigenvalue weighted by Gasteiger charge is -2.29. The average Bonchev–Trinajstić information content (AvgIpc) is 3.30. The molecule has 1 atom stereocenters. The molecule has 0 N–H and O–H groups in total. The SMILES string of the molecule is CC(C)(C)c1ccc(CCC(=O)CCc2scc3c2CN([C@H]2CCC(=O)CC2=O)C3=O)cc1. The number of Topliss-reactive ketones (excluding diaryl/α,β-unsaturated/α-hetero) is 3. The standard InChI is InChI=1S/C27H31NO4S/c1-27(2,3)18-7-4-17(5-8-18)6-9-19(29)11-13-25-21-15-28(26(32)22(21)16-33-25)23-12-10-20(30)14-24(23)31/h4-5,7-8,16,23H,6,9-15H2,1-3H3/t23-/m0/s1. The van der Waals surface area contributed by atoms with Crippen molar-refractivity contribution in [3.63, 3.8) is 0 Å². The van der Waals surface area contributed by atoms with Gasteiger partial charge in [-0.25, -0.2) is 0 Å². The Morgan fingerprint density at radius 2 is 1.76 bits per heavy atom. The Bertz CT molecular complexity index is 1090. The molecule has 0 radical (unpaired) electrons. The summed E-state index contributed by atoms with van der Waals surface area (Å²) in [6.45, 7) is 6.97. The van der Waals surface area contributed by atoms with E-state index >= 15 is 0 Å². The van der Waals surface area contributed by atoms with Gasteiger partial charge in [-0.2, -0.15) is 0 Å². The smallest absolute Gasteiger partial charge is 0.255 e. The highest BCUT2D eigenvalue weighted by Crippen LogP contribution is 2.35. The van der Waals surface area contributed by atoms with Crippen molar-refractivity contribution in [2.75, 3.05) is 0 Å². The zero-order valence-electron chi connectivity index (χ0n) is 19.6. The van der Waals surface area contributed by atoms with E-state index in [1.807, 2.05) is 5.38 Å². The minimum atomic E-state index is -0.494. The van der Waals surface area contributed by atoms with E-state index in [4.69, 9.17) is 0 Å². The molecule has 2 heterocycles. The fourth-order valence-corrected chi connectivity index (χ4v) is 5.70. The van der Waals surface area contributed by atoms with Gasteiger partial charge >= 0.3 is 0 Å². The Labute approximate surface area is 199 Å². The zero-order chi connectivity index (χ0) is 23.8. The molecule has 1 saturated carbocycles. The zero-order valence-corrected chi connectivity index (χ0v) is 20.4. The van der Waals surface area contributed by atoms with Crippen LogP contribution in [0.5, 0.6) is 0 Å². The molecule has 6 heteroatoms. The molecule has 1 aliphatic carbocycles. The number of amides is 1. The topological polar surface area (TPSA) is 71.5 Å². The van der Waals surface area contributed by atoms with Gasteiger partial charge in [-0.05, 0) is 41.4 Å². The summed E-state index contributed by atoms with van der Waals surface area (Å²) >= 11 is 1.53. The predicted octanol–water partition coefficient (Wildman–Crippen LogP) is 4.83. The van der Waals surface area contributed by atoms with E-state index < -0.39 is 6.04 Å². The van der Waals surface area contributed by atoms with Crippen LogP contribution in [0.4, 0.5) is 0 Å². The molecule has 1 amide bonds. The Hall–Kier alpha value is -2.60. The van der Waals surface area contributed by atoms with Crippen LogP contribution in [0.15, 0.2) is 29.6 Å². The number of hydrogen-bond acceptors (Lipinski definition) is 5. The number of hydrogen-bond donors (Lipinski definition) is 0. The van der Waals surface area contributed by atoms with E-state index in [9.17, 15) is 19.2 Å². The summed E-state index contributed by atoms with van der Waals surface area (Å²) in [5.74, 6) is -0.0912. The Morgan fingerprint density at radius 3 is 2.42 bits per heavy atom. The summed E-state index contributed by atoms with van der Waals surface area (Å²) in [6.07, 6.45) is 3.04. The maximum atomic E-state index is 12.8. The first-order valence-corrected chi connectivity index (χ1v) is 12.6. The van der Waals surface area contributed by atoms with Gasteiger partial charge in [0, 0.05) is 36.1 Å². The Balaban J connectivity index is 1.31. The molecule has 2 aliphatic rings. The van der Waals surface area contributed by atoms with Crippen molar-refractivity contribution in [1.82, 2.24) is 4.90 Å².